The van der Waals surface area contributed by atoms with Gasteiger partial charge in [-0.05, 0) is 18.2 Å². The topological polar surface area (TPSA) is 64.9 Å². The number of anilines is 1. The third kappa shape index (κ3) is 4.39. The van der Waals surface area contributed by atoms with Gasteiger partial charge in [-0.15, -0.1) is 0 Å². The van der Waals surface area contributed by atoms with Gasteiger partial charge in [0.2, 0.25) is 0 Å². The van der Waals surface area contributed by atoms with Crippen molar-refractivity contribution in [1.82, 2.24) is 5.32 Å². The van der Waals surface area contributed by atoms with E-state index in [9.17, 15) is 4.79 Å². The molecule has 0 fully saturated rings. The van der Waals surface area contributed by atoms with Crippen LogP contribution in [0.5, 0.6) is 0 Å². The molecule has 16 heavy (non-hydrogen) atoms. The van der Waals surface area contributed by atoms with Crippen molar-refractivity contribution in [1.29, 1.82) is 5.26 Å². The van der Waals surface area contributed by atoms with Crippen molar-refractivity contribution in [2.45, 2.75) is 6.42 Å². The van der Waals surface area contributed by atoms with E-state index < -0.39 is 6.03 Å². The summed E-state index contributed by atoms with van der Waals surface area (Å²) in [5.41, 5.74) is 0.506. The van der Waals surface area contributed by atoms with E-state index in [0.29, 0.717) is 22.3 Å². The lowest BCUT2D eigenvalue weighted by atomic mass is 10.3. The van der Waals surface area contributed by atoms with Crippen molar-refractivity contribution < 1.29 is 4.79 Å². The zero-order chi connectivity index (χ0) is 12.0. The highest BCUT2D eigenvalue weighted by atomic mass is 35.5. The molecule has 0 aromatic heterocycles. The second kappa shape index (κ2) is 6.21. The fourth-order valence-corrected chi connectivity index (χ4v) is 1.56. The second-order valence-electron chi connectivity index (χ2n) is 2.95. The van der Waals surface area contributed by atoms with Crippen LogP contribution in [0.25, 0.3) is 0 Å². The molecule has 0 heterocycles. The zero-order valence-corrected chi connectivity index (χ0v) is 9.77. The van der Waals surface area contributed by atoms with Gasteiger partial charge in [-0.2, -0.15) is 5.26 Å². The molecule has 0 atom stereocenters. The average molecular weight is 258 g/mol. The van der Waals surface area contributed by atoms with Crippen molar-refractivity contribution in [2.24, 2.45) is 0 Å². The van der Waals surface area contributed by atoms with E-state index in [0.717, 1.165) is 0 Å². The van der Waals surface area contributed by atoms with E-state index in [-0.39, 0.29) is 6.42 Å². The molecule has 2 N–H and O–H groups in total. The molecule has 0 aliphatic rings. The van der Waals surface area contributed by atoms with Gasteiger partial charge in [-0.1, -0.05) is 23.2 Å². The number of carbonyl (C=O) groups is 1. The summed E-state index contributed by atoms with van der Waals surface area (Å²) in [5.74, 6) is 0. The second-order valence-corrected chi connectivity index (χ2v) is 3.82. The molecule has 2 amide bonds. The number of hydrogen-bond donors (Lipinski definition) is 2. The number of rotatable bonds is 3. The molecule has 84 valence electrons. The first-order chi connectivity index (χ1) is 7.61. The monoisotopic (exact) mass is 257 g/mol. The van der Waals surface area contributed by atoms with Gasteiger partial charge in [-0.25, -0.2) is 4.79 Å². The van der Waals surface area contributed by atoms with Crippen molar-refractivity contribution in [3.63, 3.8) is 0 Å². The summed E-state index contributed by atoms with van der Waals surface area (Å²) in [6.07, 6.45) is 0.268. The standard InChI is InChI=1S/C10H9Cl2N3O/c11-7-4-8(12)6-9(5-7)15-10(16)14-3-1-2-13/h4-6H,1,3H2,(H2,14,15,16). The molecular weight excluding hydrogens is 249 g/mol. The van der Waals surface area contributed by atoms with Crippen molar-refractivity contribution in [2.75, 3.05) is 11.9 Å². The van der Waals surface area contributed by atoms with Gasteiger partial charge in [0.25, 0.3) is 0 Å². The summed E-state index contributed by atoms with van der Waals surface area (Å²) in [7, 11) is 0. The van der Waals surface area contributed by atoms with E-state index in [1.807, 2.05) is 6.07 Å². The van der Waals surface area contributed by atoms with Crippen LogP contribution >= 0.6 is 23.2 Å². The molecule has 0 aliphatic heterocycles. The SMILES string of the molecule is N#CCCNC(=O)Nc1cc(Cl)cc(Cl)c1. The fourth-order valence-electron chi connectivity index (χ4n) is 1.03. The predicted octanol–water partition coefficient (Wildman–Crippen LogP) is 3.03. The number of amides is 2. The third-order valence-electron chi connectivity index (χ3n) is 1.64. The molecule has 1 aromatic rings. The summed E-state index contributed by atoms with van der Waals surface area (Å²) in [4.78, 5) is 11.3. The van der Waals surface area contributed by atoms with Crippen LogP contribution in [-0.4, -0.2) is 12.6 Å². The molecule has 6 heteroatoms. The fraction of sp³-hybridized carbons (Fsp3) is 0.200. The van der Waals surface area contributed by atoms with Gasteiger partial charge < -0.3 is 10.6 Å². The van der Waals surface area contributed by atoms with Crippen LogP contribution in [0.15, 0.2) is 18.2 Å². The molecule has 4 nitrogen and oxygen atoms in total. The van der Waals surface area contributed by atoms with Crippen LogP contribution in [0.4, 0.5) is 10.5 Å². The Morgan fingerprint density at radius 1 is 1.31 bits per heavy atom. The highest BCUT2D eigenvalue weighted by Gasteiger charge is 2.02. The Kier molecular flexibility index (Phi) is 4.90. The van der Waals surface area contributed by atoms with Crippen LogP contribution in [0, 0.1) is 11.3 Å². The van der Waals surface area contributed by atoms with Gasteiger partial charge in [0.15, 0.2) is 0 Å². The first-order valence-corrected chi connectivity index (χ1v) is 5.25. The van der Waals surface area contributed by atoms with Crippen LogP contribution in [-0.2, 0) is 0 Å². The minimum absolute atomic E-state index is 0.268. The van der Waals surface area contributed by atoms with Crippen LogP contribution in [0.1, 0.15) is 6.42 Å². The largest absolute Gasteiger partial charge is 0.337 e. The Hall–Kier alpha value is -1.44. The predicted molar refractivity (Wildman–Crippen MR) is 63.7 cm³/mol. The molecule has 0 saturated carbocycles. The highest BCUT2D eigenvalue weighted by Crippen LogP contribution is 2.22. The summed E-state index contributed by atoms with van der Waals surface area (Å²) in [5, 5.41) is 14.2. The first-order valence-electron chi connectivity index (χ1n) is 4.49. The number of nitriles is 1. The Morgan fingerprint density at radius 3 is 2.50 bits per heavy atom. The number of urea groups is 1. The molecule has 0 bridgehead atoms. The third-order valence-corrected chi connectivity index (χ3v) is 2.08. The smallest absolute Gasteiger partial charge is 0.319 e. The molecule has 0 radical (unpaired) electrons. The molecular formula is C10H9Cl2N3O. The summed E-state index contributed by atoms with van der Waals surface area (Å²) < 4.78 is 0. The Labute approximate surface area is 103 Å². The minimum Gasteiger partial charge on any atom is -0.337 e. The maximum absolute atomic E-state index is 11.3. The number of carbonyl (C=O) groups excluding carboxylic acids is 1. The highest BCUT2D eigenvalue weighted by molar-refractivity contribution is 6.35. The van der Waals surface area contributed by atoms with Crippen LogP contribution < -0.4 is 10.6 Å². The van der Waals surface area contributed by atoms with Gasteiger partial charge in [0.1, 0.15) is 0 Å². The van der Waals surface area contributed by atoms with E-state index in [1.165, 1.54) is 0 Å². The Balaban J connectivity index is 2.53. The minimum atomic E-state index is -0.395. The normalized spacial score (nSPS) is 9.31. The summed E-state index contributed by atoms with van der Waals surface area (Å²) >= 11 is 11.5. The number of benzene rings is 1. The lowest BCUT2D eigenvalue weighted by Crippen LogP contribution is -2.29. The van der Waals surface area contributed by atoms with Crippen LogP contribution in [0.2, 0.25) is 10.0 Å². The number of nitrogens with zero attached hydrogens (tertiary/aromatic N) is 1. The van der Waals surface area contributed by atoms with E-state index >= 15 is 0 Å². The van der Waals surface area contributed by atoms with Crippen LogP contribution in [0.3, 0.4) is 0 Å². The Morgan fingerprint density at radius 2 is 1.94 bits per heavy atom. The summed E-state index contributed by atoms with van der Waals surface area (Å²) in [6, 6.07) is 6.26. The molecule has 1 rings (SSSR count). The van der Waals surface area contributed by atoms with Gasteiger partial charge >= 0.3 is 6.03 Å². The Bertz CT molecular complexity index is 408. The molecule has 0 unspecified atom stereocenters. The molecule has 0 aliphatic carbocycles. The number of nitrogens with one attached hydrogen (secondary N) is 2. The maximum atomic E-state index is 11.3. The number of halogens is 2. The average Bonchev–Trinajstić information content (AvgIpc) is 2.16. The molecule has 0 saturated heterocycles. The first kappa shape index (κ1) is 12.6. The summed E-state index contributed by atoms with van der Waals surface area (Å²) in [6.45, 7) is 0.302. The lowest BCUT2D eigenvalue weighted by Gasteiger charge is -2.06. The van der Waals surface area contributed by atoms with Crippen molar-refractivity contribution in [3.8, 4) is 6.07 Å². The number of hydrogen-bond acceptors (Lipinski definition) is 2. The van der Waals surface area contributed by atoms with Gasteiger partial charge in [-0.3, -0.25) is 0 Å². The van der Waals surface area contributed by atoms with Crippen molar-refractivity contribution in [3.05, 3.63) is 28.2 Å². The zero-order valence-electron chi connectivity index (χ0n) is 8.26. The van der Waals surface area contributed by atoms with E-state index in [4.69, 9.17) is 28.5 Å². The quantitative estimate of drug-likeness (QED) is 0.818. The molecule has 0 spiro atoms. The lowest BCUT2D eigenvalue weighted by molar-refractivity contribution is 0.252. The van der Waals surface area contributed by atoms with Gasteiger partial charge in [0.05, 0.1) is 12.5 Å². The van der Waals surface area contributed by atoms with Crippen molar-refractivity contribution >= 4 is 34.9 Å². The van der Waals surface area contributed by atoms with E-state index in [1.54, 1.807) is 18.2 Å². The van der Waals surface area contributed by atoms with E-state index in [2.05, 4.69) is 10.6 Å². The maximum Gasteiger partial charge on any atom is 0.319 e. The van der Waals surface area contributed by atoms with Gasteiger partial charge in [0, 0.05) is 22.3 Å². The molecule has 1 aromatic carbocycles.